The lowest BCUT2D eigenvalue weighted by atomic mass is 9.93. The Morgan fingerprint density at radius 2 is 1.80 bits per heavy atom. The molecule has 0 atom stereocenters. The minimum Gasteiger partial charge on any atom is -0.397 e. The van der Waals surface area contributed by atoms with E-state index >= 15 is 0 Å². The molecule has 2 heterocycles. The number of nitrogens with two attached hydrogens (primary N) is 1. The van der Waals surface area contributed by atoms with Crippen LogP contribution in [0.25, 0.3) is 0 Å². The summed E-state index contributed by atoms with van der Waals surface area (Å²) in [5.74, 6) is 0.586. The molecular formula is C17H21N3. The Labute approximate surface area is 120 Å². The van der Waals surface area contributed by atoms with Gasteiger partial charge in [-0.25, -0.2) is 0 Å². The van der Waals surface area contributed by atoms with Gasteiger partial charge >= 0.3 is 0 Å². The molecule has 0 amide bonds. The predicted molar refractivity (Wildman–Crippen MR) is 82.3 cm³/mol. The number of likely N-dealkylation sites (tertiary alicyclic amines) is 1. The van der Waals surface area contributed by atoms with E-state index in [2.05, 4.69) is 46.3 Å². The molecule has 1 aliphatic heterocycles. The lowest BCUT2D eigenvalue weighted by Crippen LogP contribution is -2.32. The van der Waals surface area contributed by atoms with Crippen molar-refractivity contribution in [3.05, 3.63) is 59.9 Å². The number of hydrogen-bond acceptors (Lipinski definition) is 3. The summed E-state index contributed by atoms with van der Waals surface area (Å²) >= 11 is 0. The van der Waals surface area contributed by atoms with Crippen molar-refractivity contribution in [2.75, 3.05) is 18.8 Å². The molecule has 0 spiro atoms. The van der Waals surface area contributed by atoms with Crippen molar-refractivity contribution in [1.82, 2.24) is 9.88 Å². The Hall–Kier alpha value is -1.87. The van der Waals surface area contributed by atoms with Crippen LogP contribution in [0, 0.1) is 0 Å². The molecule has 3 heteroatoms. The molecule has 1 aliphatic rings. The number of anilines is 1. The number of piperidine rings is 1. The molecule has 0 unspecified atom stereocenters. The van der Waals surface area contributed by atoms with Gasteiger partial charge in [0.1, 0.15) is 0 Å². The van der Waals surface area contributed by atoms with Gasteiger partial charge in [0.2, 0.25) is 0 Å². The fraction of sp³-hybridized carbons (Fsp3) is 0.353. The number of nitrogens with zero attached hydrogens (tertiary/aromatic N) is 2. The standard InChI is InChI=1S/C17H21N3/c18-16-6-7-17(19-12-16)15-8-10-20(11-9-15)13-14-4-2-1-3-5-14/h1-7,12,15H,8-11,13,18H2. The zero-order valence-corrected chi connectivity index (χ0v) is 11.7. The maximum Gasteiger partial charge on any atom is 0.0501 e. The fourth-order valence-corrected chi connectivity index (χ4v) is 2.89. The molecule has 1 aromatic carbocycles. The van der Waals surface area contributed by atoms with Crippen molar-refractivity contribution < 1.29 is 0 Å². The summed E-state index contributed by atoms with van der Waals surface area (Å²) in [4.78, 5) is 7.00. The van der Waals surface area contributed by atoms with E-state index in [0.29, 0.717) is 5.92 Å². The van der Waals surface area contributed by atoms with Crippen LogP contribution < -0.4 is 5.73 Å². The van der Waals surface area contributed by atoms with Gasteiger partial charge in [-0.2, -0.15) is 0 Å². The molecule has 1 saturated heterocycles. The van der Waals surface area contributed by atoms with Gasteiger partial charge in [0.15, 0.2) is 0 Å². The van der Waals surface area contributed by atoms with Crippen LogP contribution in [0.1, 0.15) is 30.0 Å². The van der Waals surface area contributed by atoms with E-state index in [4.69, 9.17) is 5.73 Å². The molecule has 20 heavy (non-hydrogen) atoms. The number of rotatable bonds is 3. The Morgan fingerprint density at radius 3 is 2.45 bits per heavy atom. The van der Waals surface area contributed by atoms with E-state index in [9.17, 15) is 0 Å². The monoisotopic (exact) mass is 267 g/mol. The van der Waals surface area contributed by atoms with E-state index in [0.717, 1.165) is 25.3 Å². The number of hydrogen-bond donors (Lipinski definition) is 1. The normalized spacial score (nSPS) is 17.2. The van der Waals surface area contributed by atoms with Crippen LogP contribution in [0.15, 0.2) is 48.7 Å². The van der Waals surface area contributed by atoms with Crippen LogP contribution in [0.5, 0.6) is 0 Å². The maximum absolute atomic E-state index is 5.69. The topological polar surface area (TPSA) is 42.1 Å². The third kappa shape index (κ3) is 3.17. The van der Waals surface area contributed by atoms with E-state index in [1.807, 2.05) is 6.07 Å². The summed E-state index contributed by atoms with van der Waals surface area (Å²) in [6.45, 7) is 3.35. The molecule has 2 aromatic rings. The van der Waals surface area contributed by atoms with Crippen molar-refractivity contribution in [2.45, 2.75) is 25.3 Å². The van der Waals surface area contributed by atoms with Gasteiger partial charge < -0.3 is 5.73 Å². The SMILES string of the molecule is Nc1ccc(C2CCN(Cc3ccccc3)CC2)nc1. The van der Waals surface area contributed by atoms with Gasteiger partial charge in [0, 0.05) is 18.2 Å². The number of pyridine rings is 1. The minimum absolute atomic E-state index is 0.586. The average Bonchev–Trinajstić information content (AvgIpc) is 2.50. The first-order valence-corrected chi connectivity index (χ1v) is 7.29. The first kappa shape index (κ1) is 13.1. The molecule has 2 N–H and O–H groups in total. The Morgan fingerprint density at radius 1 is 1.05 bits per heavy atom. The maximum atomic E-state index is 5.69. The molecule has 0 saturated carbocycles. The quantitative estimate of drug-likeness (QED) is 0.929. The summed E-state index contributed by atoms with van der Waals surface area (Å²) in [6.07, 6.45) is 4.14. The second-order valence-corrected chi connectivity index (χ2v) is 5.55. The smallest absolute Gasteiger partial charge is 0.0501 e. The van der Waals surface area contributed by atoms with Crippen LogP contribution in [-0.2, 0) is 6.54 Å². The average molecular weight is 267 g/mol. The largest absolute Gasteiger partial charge is 0.397 e. The van der Waals surface area contributed by atoms with Crippen molar-refractivity contribution in [3.8, 4) is 0 Å². The zero-order chi connectivity index (χ0) is 13.8. The third-order valence-corrected chi connectivity index (χ3v) is 4.06. The highest BCUT2D eigenvalue weighted by Crippen LogP contribution is 2.27. The lowest BCUT2D eigenvalue weighted by molar-refractivity contribution is 0.203. The van der Waals surface area contributed by atoms with Crippen LogP contribution in [0.3, 0.4) is 0 Å². The molecule has 1 aromatic heterocycles. The zero-order valence-electron chi connectivity index (χ0n) is 11.7. The van der Waals surface area contributed by atoms with E-state index in [1.165, 1.54) is 24.1 Å². The second kappa shape index (κ2) is 6.06. The van der Waals surface area contributed by atoms with Gasteiger partial charge in [-0.3, -0.25) is 9.88 Å². The molecule has 0 aliphatic carbocycles. The van der Waals surface area contributed by atoms with Crippen LogP contribution >= 0.6 is 0 Å². The first-order valence-electron chi connectivity index (χ1n) is 7.29. The van der Waals surface area contributed by atoms with E-state index < -0.39 is 0 Å². The van der Waals surface area contributed by atoms with Crippen molar-refractivity contribution in [1.29, 1.82) is 0 Å². The summed E-state index contributed by atoms with van der Waals surface area (Å²) < 4.78 is 0. The summed E-state index contributed by atoms with van der Waals surface area (Å²) in [6, 6.07) is 14.7. The molecule has 1 fully saturated rings. The molecule has 3 rings (SSSR count). The molecule has 0 bridgehead atoms. The molecular weight excluding hydrogens is 246 g/mol. The Balaban J connectivity index is 1.55. The summed E-state index contributed by atoms with van der Waals surface area (Å²) in [5.41, 5.74) is 9.03. The number of nitrogen functional groups attached to an aromatic ring is 1. The fourth-order valence-electron chi connectivity index (χ4n) is 2.89. The van der Waals surface area contributed by atoms with Crippen LogP contribution in [0.4, 0.5) is 5.69 Å². The highest BCUT2D eigenvalue weighted by Gasteiger charge is 2.21. The van der Waals surface area contributed by atoms with Gasteiger partial charge in [-0.1, -0.05) is 30.3 Å². The van der Waals surface area contributed by atoms with E-state index in [1.54, 1.807) is 6.20 Å². The molecule has 3 nitrogen and oxygen atoms in total. The van der Waals surface area contributed by atoms with Gasteiger partial charge in [0.25, 0.3) is 0 Å². The Kier molecular flexibility index (Phi) is 3.97. The highest BCUT2D eigenvalue weighted by atomic mass is 15.1. The van der Waals surface area contributed by atoms with Crippen molar-refractivity contribution in [2.24, 2.45) is 0 Å². The van der Waals surface area contributed by atoms with Crippen molar-refractivity contribution in [3.63, 3.8) is 0 Å². The molecule has 104 valence electrons. The third-order valence-electron chi connectivity index (χ3n) is 4.06. The molecule has 0 radical (unpaired) electrons. The van der Waals surface area contributed by atoms with E-state index in [-0.39, 0.29) is 0 Å². The van der Waals surface area contributed by atoms with Crippen LogP contribution in [0.2, 0.25) is 0 Å². The lowest BCUT2D eigenvalue weighted by Gasteiger charge is -2.31. The van der Waals surface area contributed by atoms with Gasteiger partial charge in [-0.15, -0.1) is 0 Å². The van der Waals surface area contributed by atoms with Crippen LogP contribution in [-0.4, -0.2) is 23.0 Å². The van der Waals surface area contributed by atoms with Gasteiger partial charge in [-0.05, 0) is 43.6 Å². The van der Waals surface area contributed by atoms with Crippen molar-refractivity contribution >= 4 is 5.69 Å². The first-order chi connectivity index (χ1) is 9.81. The number of aromatic nitrogens is 1. The second-order valence-electron chi connectivity index (χ2n) is 5.55. The summed E-state index contributed by atoms with van der Waals surface area (Å²) in [7, 11) is 0. The van der Waals surface area contributed by atoms with Gasteiger partial charge in [0.05, 0.1) is 11.9 Å². The minimum atomic E-state index is 0.586. The number of benzene rings is 1. The predicted octanol–water partition coefficient (Wildman–Crippen LogP) is 3.04. The summed E-state index contributed by atoms with van der Waals surface area (Å²) in [5, 5.41) is 0. The highest BCUT2D eigenvalue weighted by molar-refractivity contribution is 5.35. The Bertz CT molecular complexity index is 528.